The molecule has 0 aliphatic rings. The van der Waals surface area contributed by atoms with Crippen molar-refractivity contribution in [3.8, 4) is 5.75 Å². The number of methoxy groups -OCH3 is 1. The number of rotatable bonds is 7. The Balaban J connectivity index is 2.59. The van der Waals surface area contributed by atoms with Crippen LogP contribution in [0.15, 0.2) is 12.1 Å². The van der Waals surface area contributed by atoms with E-state index in [1.54, 1.807) is 7.11 Å². The van der Waals surface area contributed by atoms with E-state index in [1.165, 1.54) is 16.7 Å². The molecule has 0 saturated carbocycles. The second-order valence-electron chi connectivity index (χ2n) is 5.86. The number of nitrogens with one attached hydrogen (secondary N) is 1. The third-order valence-electron chi connectivity index (χ3n) is 3.51. The Morgan fingerprint density at radius 3 is 2.26 bits per heavy atom. The van der Waals surface area contributed by atoms with Gasteiger partial charge in [-0.25, -0.2) is 0 Å². The molecule has 1 aromatic rings. The first-order chi connectivity index (χ1) is 8.89. The number of aryl methyl sites for hydroxylation is 2. The van der Waals surface area contributed by atoms with E-state index in [0.717, 1.165) is 31.7 Å². The third kappa shape index (κ3) is 4.84. The molecule has 0 aromatic heterocycles. The first kappa shape index (κ1) is 16.0. The fraction of sp³-hybridized carbons (Fsp3) is 0.625. The molecular formula is C16H28N2O. The molecular weight excluding hydrogens is 236 g/mol. The zero-order valence-electron chi connectivity index (χ0n) is 13.0. The zero-order valence-corrected chi connectivity index (χ0v) is 13.0. The minimum absolute atomic E-state index is 0.116. The monoisotopic (exact) mass is 264 g/mol. The minimum atomic E-state index is 0.116. The number of hydrogen-bond acceptors (Lipinski definition) is 3. The molecule has 3 heteroatoms. The van der Waals surface area contributed by atoms with Crippen LogP contribution >= 0.6 is 0 Å². The molecule has 0 radical (unpaired) electrons. The summed E-state index contributed by atoms with van der Waals surface area (Å²) in [7, 11) is 1.73. The van der Waals surface area contributed by atoms with Gasteiger partial charge in [0.15, 0.2) is 0 Å². The van der Waals surface area contributed by atoms with Crippen molar-refractivity contribution in [3.05, 3.63) is 28.8 Å². The highest BCUT2D eigenvalue weighted by Crippen LogP contribution is 2.24. The van der Waals surface area contributed by atoms with Crippen molar-refractivity contribution in [2.45, 2.75) is 46.1 Å². The van der Waals surface area contributed by atoms with Gasteiger partial charge < -0.3 is 15.8 Å². The normalized spacial score (nSPS) is 11.7. The first-order valence-corrected chi connectivity index (χ1v) is 6.99. The molecule has 0 saturated heterocycles. The summed E-state index contributed by atoms with van der Waals surface area (Å²) in [4.78, 5) is 0. The van der Waals surface area contributed by atoms with E-state index in [4.69, 9.17) is 10.5 Å². The molecule has 0 atom stereocenters. The molecule has 0 fully saturated rings. The van der Waals surface area contributed by atoms with Crippen LogP contribution < -0.4 is 15.8 Å². The molecule has 3 N–H and O–H groups in total. The highest BCUT2D eigenvalue weighted by Gasteiger charge is 2.15. The number of hydrogen-bond donors (Lipinski definition) is 2. The van der Waals surface area contributed by atoms with E-state index in [1.807, 2.05) is 0 Å². The maximum atomic E-state index is 5.62. The smallest absolute Gasteiger partial charge is 0.124 e. The molecule has 0 heterocycles. The SMILES string of the molecule is COc1c(C)cc(CCNC(C)(C)CCN)cc1C. The summed E-state index contributed by atoms with van der Waals surface area (Å²) in [5.41, 5.74) is 9.50. The first-order valence-electron chi connectivity index (χ1n) is 6.99. The van der Waals surface area contributed by atoms with Crippen LogP contribution in [0, 0.1) is 13.8 Å². The van der Waals surface area contributed by atoms with Gasteiger partial charge in [0.05, 0.1) is 7.11 Å². The number of benzene rings is 1. The van der Waals surface area contributed by atoms with Gasteiger partial charge in [-0.05, 0) is 70.3 Å². The Morgan fingerprint density at radius 2 is 1.79 bits per heavy atom. The molecule has 0 spiro atoms. The van der Waals surface area contributed by atoms with Crippen molar-refractivity contribution in [2.75, 3.05) is 20.2 Å². The molecule has 0 aliphatic heterocycles. The average molecular weight is 264 g/mol. The summed E-state index contributed by atoms with van der Waals surface area (Å²) in [6.07, 6.45) is 2.02. The van der Waals surface area contributed by atoms with E-state index in [-0.39, 0.29) is 5.54 Å². The largest absolute Gasteiger partial charge is 0.496 e. The number of ether oxygens (including phenoxy) is 1. The van der Waals surface area contributed by atoms with Crippen LogP contribution in [0.25, 0.3) is 0 Å². The summed E-state index contributed by atoms with van der Waals surface area (Å²) >= 11 is 0. The molecule has 0 aliphatic carbocycles. The Bertz CT molecular complexity index is 390. The molecule has 3 nitrogen and oxygen atoms in total. The second-order valence-corrected chi connectivity index (χ2v) is 5.86. The molecule has 0 amide bonds. The summed E-state index contributed by atoms with van der Waals surface area (Å²) in [5, 5.41) is 3.56. The molecule has 1 rings (SSSR count). The standard InChI is InChI=1S/C16H28N2O/c1-12-10-14(11-13(2)15(12)19-5)6-9-18-16(3,4)7-8-17/h10-11,18H,6-9,17H2,1-5H3. The van der Waals surface area contributed by atoms with Gasteiger partial charge >= 0.3 is 0 Å². The average Bonchev–Trinajstić information content (AvgIpc) is 2.28. The van der Waals surface area contributed by atoms with Crippen LogP contribution in [-0.4, -0.2) is 25.7 Å². The van der Waals surface area contributed by atoms with E-state index >= 15 is 0 Å². The van der Waals surface area contributed by atoms with Gasteiger partial charge in [0.2, 0.25) is 0 Å². The van der Waals surface area contributed by atoms with Crippen molar-refractivity contribution in [1.82, 2.24) is 5.32 Å². The lowest BCUT2D eigenvalue weighted by molar-refractivity contribution is 0.370. The maximum Gasteiger partial charge on any atom is 0.124 e. The van der Waals surface area contributed by atoms with Crippen LogP contribution in [0.1, 0.15) is 37.0 Å². The van der Waals surface area contributed by atoms with E-state index in [0.29, 0.717) is 0 Å². The Labute approximate surface area is 117 Å². The summed E-state index contributed by atoms with van der Waals surface area (Å²) in [5.74, 6) is 1.00. The Morgan fingerprint density at radius 1 is 1.21 bits per heavy atom. The Hall–Kier alpha value is -1.06. The summed E-state index contributed by atoms with van der Waals surface area (Å²) in [6.45, 7) is 10.3. The van der Waals surface area contributed by atoms with Gasteiger partial charge in [0.25, 0.3) is 0 Å². The minimum Gasteiger partial charge on any atom is -0.496 e. The molecule has 0 unspecified atom stereocenters. The van der Waals surface area contributed by atoms with Crippen molar-refractivity contribution < 1.29 is 4.74 Å². The zero-order chi connectivity index (χ0) is 14.5. The van der Waals surface area contributed by atoms with Crippen LogP contribution in [0.2, 0.25) is 0 Å². The van der Waals surface area contributed by atoms with Crippen LogP contribution in [0.4, 0.5) is 0 Å². The lowest BCUT2D eigenvalue weighted by atomic mass is 9.99. The molecule has 108 valence electrons. The van der Waals surface area contributed by atoms with Gasteiger partial charge in [0, 0.05) is 5.54 Å². The summed E-state index contributed by atoms with van der Waals surface area (Å²) < 4.78 is 5.39. The van der Waals surface area contributed by atoms with Crippen LogP contribution in [0.3, 0.4) is 0 Å². The quantitative estimate of drug-likeness (QED) is 0.795. The lowest BCUT2D eigenvalue weighted by Gasteiger charge is -2.25. The van der Waals surface area contributed by atoms with Crippen molar-refractivity contribution >= 4 is 0 Å². The summed E-state index contributed by atoms with van der Waals surface area (Å²) in [6, 6.07) is 4.42. The molecule has 1 aromatic carbocycles. The molecule has 19 heavy (non-hydrogen) atoms. The van der Waals surface area contributed by atoms with Crippen molar-refractivity contribution in [1.29, 1.82) is 0 Å². The third-order valence-corrected chi connectivity index (χ3v) is 3.51. The fourth-order valence-corrected chi connectivity index (χ4v) is 2.50. The van der Waals surface area contributed by atoms with Gasteiger partial charge in [0.1, 0.15) is 5.75 Å². The van der Waals surface area contributed by atoms with E-state index in [9.17, 15) is 0 Å². The topological polar surface area (TPSA) is 47.3 Å². The second kappa shape index (κ2) is 6.92. The Kier molecular flexibility index (Phi) is 5.83. The molecule has 0 bridgehead atoms. The van der Waals surface area contributed by atoms with Gasteiger partial charge in [-0.3, -0.25) is 0 Å². The fourth-order valence-electron chi connectivity index (χ4n) is 2.50. The maximum absolute atomic E-state index is 5.62. The van der Waals surface area contributed by atoms with Crippen LogP contribution in [-0.2, 0) is 6.42 Å². The van der Waals surface area contributed by atoms with Crippen LogP contribution in [0.5, 0.6) is 5.75 Å². The van der Waals surface area contributed by atoms with Gasteiger partial charge in [-0.15, -0.1) is 0 Å². The van der Waals surface area contributed by atoms with E-state index in [2.05, 4.69) is 45.1 Å². The highest BCUT2D eigenvalue weighted by molar-refractivity contribution is 5.43. The number of nitrogens with two attached hydrogens (primary N) is 1. The van der Waals surface area contributed by atoms with Crippen molar-refractivity contribution in [2.24, 2.45) is 5.73 Å². The lowest BCUT2D eigenvalue weighted by Crippen LogP contribution is -2.42. The predicted molar refractivity (Wildman–Crippen MR) is 81.9 cm³/mol. The highest BCUT2D eigenvalue weighted by atomic mass is 16.5. The van der Waals surface area contributed by atoms with Crippen molar-refractivity contribution in [3.63, 3.8) is 0 Å². The van der Waals surface area contributed by atoms with Gasteiger partial charge in [-0.1, -0.05) is 12.1 Å². The predicted octanol–water partition coefficient (Wildman–Crippen LogP) is 2.57. The van der Waals surface area contributed by atoms with E-state index < -0.39 is 0 Å². The van der Waals surface area contributed by atoms with Gasteiger partial charge in [-0.2, -0.15) is 0 Å².